The van der Waals surface area contributed by atoms with Crippen LogP contribution in [-0.4, -0.2) is 0 Å². The minimum atomic E-state index is 0.829. The van der Waals surface area contributed by atoms with Gasteiger partial charge < -0.3 is 0 Å². The first-order valence-corrected chi connectivity index (χ1v) is 5.51. The Hall–Kier alpha value is -0.0500. The van der Waals surface area contributed by atoms with Crippen LogP contribution in [0.1, 0.15) is 5.56 Å². The molecule has 0 radical (unpaired) electrons. The minimum Gasteiger partial charge on any atom is -0.127 e. The number of fused-ring (bicyclic) bond motifs is 1. The van der Waals surface area contributed by atoms with Gasteiger partial charge in [-0.25, -0.2) is 0 Å². The Bertz CT molecular complexity index is 433. The Kier molecular flexibility index (Phi) is 2.15. The Morgan fingerprint density at radius 1 is 1.42 bits per heavy atom. The summed E-state index contributed by atoms with van der Waals surface area (Å²) in [6, 6.07) is 6.29. The Morgan fingerprint density at radius 3 is 2.92 bits per heavy atom. The smallest absolute Gasteiger partial charge is 0.0897 e. The van der Waals surface area contributed by atoms with Gasteiger partial charge in [0, 0.05) is 10.1 Å². The fraction of sp³-hybridized carbons (Fsp3) is 0.111. The number of benzene rings is 1. The highest BCUT2D eigenvalue weighted by atomic mass is 79.9. The normalized spacial score (nSPS) is 10.9. The number of hydrogen-bond acceptors (Lipinski definition) is 1. The zero-order chi connectivity index (χ0) is 8.72. The van der Waals surface area contributed by atoms with Crippen molar-refractivity contribution in [3.63, 3.8) is 0 Å². The molecule has 0 unspecified atom stereocenters. The van der Waals surface area contributed by atoms with E-state index < -0.39 is 0 Å². The van der Waals surface area contributed by atoms with Crippen LogP contribution in [0.25, 0.3) is 10.1 Å². The van der Waals surface area contributed by atoms with Gasteiger partial charge in [-0.1, -0.05) is 23.7 Å². The van der Waals surface area contributed by atoms with Crippen LogP contribution in [0.2, 0.25) is 5.02 Å². The lowest BCUT2D eigenvalue weighted by atomic mass is 10.2. The molecule has 0 nitrogen and oxygen atoms in total. The lowest BCUT2D eigenvalue weighted by Gasteiger charge is -1.91. The molecule has 0 amide bonds. The molecular weight excluding hydrogens is 256 g/mol. The lowest BCUT2D eigenvalue weighted by Crippen LogP contribution is -1.68. The summed E-state index contributed by atoms with van der Waals surface area (Å²) in [5, 5.41) is 1.97. The van der Waals surface area contributed by atoms with Crippen LogP contribution in [0, 0.1) is 6.92 Å². The van der Waals surface area contributed by atoms with Gasteiger partial charge in [0.05, 0.1) is 8.81 Å². The second kappa shape index (κ2) is 3.02. The van der Waals surface area contributed by atoms with Crippen LogP contribution in [0.15, 0.2) is 22.0 Å². The summed E-state index contributed by atoms with van der Waals surface area (Å²) < 4.78 is 2.26. The van der Waals surface area contributed by atoms with E-state index >= 15 is 0 Å². The van der Waals surface area contributed by atoms with E-state index in [1.54, 1.807) is 11.3 Å². The summed E-state index contributed by atoms with van der Waals surface area (Å²) in [4.78, 5) is 0. The first-order valence-electron chi connectivity index (χ1n) is 3.52. The number of rotatable bonds is 0. The third kappa shape index (κ3) is 1.28. The maximum atomic E-state index is 6.06. The van der Waals surface area contributed by atoms with E-state index in [9.17, 15) is 0 Å². The Labute approximate surface area is 88.3 Å². The van der Waals surface area contributed by atoms with Crippen molar-refractivity contribution in [1.29, 1.82) is 0 Å². The predicted molar refractivity (Wildman–Crippen MR) is 59.3 cm³/mol. The molecule has 62 valence electrons. The maximum Gasteiger partial charge on any atom is 0.0897 e. The van der Waals surface area contributed by atoms with Crippen LogP contribution >= 0.6 is 38.9 Å². The van der Waals surface area contributed by atoms with Crippen molar-refractivity contribution < 1.29 is 0 Å². The summed E-state index contributed by atoms with van der Waals surface area (Å²) in [5.74, 6) is 0. The van der Waals surface area contributed by atoms with E-state index in [-0.39, 0.29) is 0 Å². The average Bonchev–Trinajstić information content (AvgIpc) is 2.28. The van der Waals surface area contributed by atoms with Crippen molar-refractivity contribution in [2.45, 2.75) is 6.92 Å². The molecule has 2 rings (SSSR count). The zero-order valence-electron chi connectivity index (χ0n) is 6.40. The number of halogens is 2. The summed E-state index contributed by atoms with van der Waals surface area (Å²) in [6.07, 6.45) is 0. The molecule has 0 spiro atoms. The molecule has 1 heterocycles. The van der Waals surface area contributed by atoms with Crippen LogP contribution in [0.3, 0.4) is 0 Å². The first kappa shape index (κ1) is 8.54. The van der Waals surface area contributed by atoms with Crippen LogP contribution in [0.4, 0.5) is 0 Å². The topological polar surface area (TPSA) is 0 Å². The lowest BCUT2D eigenvalue weighted by molar-refractivity contribution is 1.52. The van der Waals surface area contributed by atoms with Crippen molar-refractivity contribution in [3.8, 4) is 0 Å². The molecule has 0 atom stereocenters. The van der Waals surface area contributed by atoms with E-state index in [1.807, 2.05) is 0 Å². The van der Waals surface area contributed by atoms with E-state index in [1.165, 1.54) is 10.3 Å². The van der Waals surface area contributed by atoms with Crippen molar-refractivity contribution in [1.82, 2.24) is 0 Å². The van der Waals surface area contributed by atoms with E-state index in [0.717, 1.165) is 14.2 Å². The molecule has 0 aliphatic carbocycles. The first-order chi connectivity index (χ1) is 5.68. The van der Waals surface area contributed by atoms with Gasteiger partial charge in [0.1, 0.15) is 0 Å². The summed E-state index contributed by atoms with van der Waals surface area (Å²) in [6.45, 7) is 2.08. The highest BCUT2D eigenvalue weighted by molar-refractivity contribution is 9.11. The molecule has 0 fully saturated rings. The minimum absolute atomic E-state index is 0.829. The van der Waals surface area contributed by atoms with Gasteiger partial charge in [0.15, 0.2) is 0 Å². The molecule has 1 aromatic carbocycles. The van der Waals surface area contributed by atoms with Crippen molar-refractivity contribution in [2.75, 3.05) is 0 Å². The Morgan fingerprint density at radius 2 is 2.17 bits per heavy atom. The van der Waals surface area contributed by atoms with Gasteiger partial charge in [-0.15, -0.1) is 11.3 Å². The van der Waals surface area contributed by atoms with Crippen molar-refractivity contribution >= 4 is 49.0 Å². The number of thiophene rings is 1. The molecule has 0 saturated carbocycles. The monoisotopic (exact) mass is 260 g/mol. The van der Waals surface area contributed by atoms with Gasteiger partial charge in [0.25, 0.3) is 0 Å². The number of hydrogen-bond donors (Lipinski definition) is 0. The van der Waals surface area contributed by atoms with E-state index in [4.69, 9.17) is 11.6 Å². The molecule has 12 heavy (non-hydrogen) atoms. The highest BCUT2D eigenvalue weighted by Crippen LogP contribution is 2.39. The van der Waals surface area contributed by atoms with E-state index in [0.29, 0.717) is 0 Å². The van der Waals surface area contributed by atoms with Crippen molar-refractivity contribution in [3.05, 3.63) is 32.6 Å². The molecular formula is C9H6BrClS. The second-order valence-corrected chi connectivity index (χ2v) is 5.44. The summed E-state index contributed by atoms with van der Waals surface area (Å²) in [5.41, 5.74) is 1.27. The third-order valence-electron chi connectivity index (χ3n) is 1.75. The predicted octanol–water partition coefficient (Wildman–Crippen LogP) is 4.63. The largest absolute Gasteiger partial charge is 0.127 e. The molecule has 0 aliphatic heterocycles. The highest BCUT2D eigenvalue weighted by Gasteiger charge is 2.06. The van der Waals surface area contributed by atoms with Gasteiger partial charge in [-0.05, 0) is 34.5 Å². The quantitative estimate of drug-likeness (QED) is 0.649. The molecule has 2 aromatic rings. The fourth-order valence-corrected chi connectivity index (χ4v) is 3.13. The average molecular weight is 262 g/mol. The van der Waals surface area contributed by atoms with Gasteiger partial charge >= 0.3 is 0 Å². The van der Waals surface area contributed by atoms with Crippen LogP contribution < -0.4 is 0 Å². The summed E-state index contributed by atoms with van der Waals surface area (Å²) in [7, 11) is 0. The zero-order valence-corrected chi connectivity index (χ0v) is 9.55. The van der Waals surface area contributed by atoms with Crippen LogP contribution in [-0.2, 0) is 0 Å². The van der Waals surface area contributed by atoms with Crippen molar-refractivity contribution in [2.24, 2.45) is 0 Å². The standard InChI is InChI=1S/C9H6BrClS/c1-5-2-3-6-7(4-5)12-9(10)8(6)11/h2-4H,1H3. The molecule has 0 bridgehead atoms. The summed E-state index contributed by atoms with van der Waals surface area (Å²) >= 11 is 11.2. The number of aryl methyl sites for hydroxylation is 1. The van der Waals surface area contributed by atoms with Crippen LogP contribution in [0.5, 0.6) is 0 Å². The molecule has 3 heteroatoms. The maximum absolute atomic E-state index is 6.06. The van der Waals surface area contributed by atoms with E-state index in [2.05, 4.69) is 41.1 Å². The fourth-order valence-electron chi connectivity index (χ4n) is 1.14. The van der Waals surface area contributed by atoms with Gasteiger partial charge in [-0.3, -0.25) is 0 Å². The molecule has 0 N–H and O–H groups in total. The second-order valence-electron chi connectivity index (χ2n) is 2.69. The molecule has 0 aliphatic rings. The molecule has 0 saturated heterocycles. The van der Waals surface area contributed by atoms with Gasteiger partial charge in [0.2, 0.25) is 0 Å². The Balaban J connectivity index is 2.87. The SMILES string of the molecule is Cc1ccc2c(Cl)c(Br)sc2c1. The van der Waals surface area contributed by atoms with Gasteiger partial charge in [-0.2, -0.15) is 0 Å². The molecule has 1 aromatic heterocycles. The third-order valence-corrected chi connectivity index (χ3v) is 4.30.